The molecular formula is C16H10F5NO. The maximum atomic E-state index is 13.5. The van der Waals surface area contributed by atoms with Crippen molar-refractivity contribution >= 4 is 11.9 Å². The van der Waals surface area contributed by atoms with E-state index in [2.05, 4.69) is 11.6 Å². The van der Waals surface area contributed by atoms with Crippen LogP contribution in [-0.2, 0) is 6.42 Å². The number of phenols is 1. The summed E-state index contributed by atoms with van der Waals surface area (Å²) >= 11 is 0. The van der Waals surface area contributed by atoms with E-state index in [4.69, 9.17) is 0 Å². The molecule has 23 heavy (non-hydrogen) atoms. The Morgan fingerprint density at radius 1 is 0.957 bits per heavy atom. The number of nitrogens with zero attached hydrogens (tertiary/aromatic N) is 1. The van der Waals surface area contributed by atoms with Gasteiger partial charge in [0.05, 0.1) is 0 Å². The van der Waals surface area contributed by atoms with Crippen LogP contribution in [0.1, 0.15) is 11.1 Å². The molecule has 0 aliphatic heterocycles. The average molecular weight is 327 g/mol. The molecule has 7 heteroatoms. The summed E-state index contributed by atoms with van der Waals surface area (Å²) in [6, 6.07) is 4.50. The molecule has 0 bridgehead atoms. The maximum absolute atomic E-state index is 13.5. The van der Waals surface area contributed by atoms with Crippen molar-refractivity contribution in [2.45, 2.75) is 6.42 Å². The predicted octanol–water partition coefficient (Wildman–Crippen LogP) is 4.57. The van der Waals surface area contributed by atoms with Crippen LogP contribution in [0.2, 0.25) is 0 Å². The van der Waals surface area contributed by atoms with Gasteiger partial charge in [-0.2, -0.15) is 0 Å². The second-order valence-electron chi connectivity index (χ2n) is 4.52. The Labute approximate surface area is 128 Å². The van der Waals surface area contributed by atoms with E-state index in [0.29, 0.717) is 12.0 Å². The molecule has 0 atom stereocenters. The van der Waals surface area contributed by atoms with Crippen molar-refractivity contribution in [3.63, 3.8) is 0 Å². The summed E-state index contributed by atoms with van der Waals surface area (Å²) in [5.41, 5.74) is -0.787. The molecule has 0 saturated carbocycles. The number of halogens is 5. The van der Waals surface area contributed by atoms with E-state index in [1.807, 2.05) is 0 Å². The summed E-state index contributed by atoms with van der Waals surface area (Å²) < 4.78 is 66.1. The molecule has 1 N–H and O–H groups in total. The summed E-state index contributed by atoms with van der Waals surface area (Å²) in [7, 11) is 0. The molecule has 2 aromatic rings. The van der Waals surface area contributed by atoms with Gasteiger partial charge in [0.1, 0.15) is 11.4 Å². The minimum atomic E-state index is -2.25. The van der Waals surface area contributed by atoms with Crippen molar-refractivity contribution in [1.29, 1.82) is 0 Å². The number of aromatic hydroxyl groups is 1. The fourth-order valence-corrected chi connectivity index (χ4v) is 1.88. The quantitative estimate of drug-likeness (QED) is 0.288. The first-order valence-corrected chi connectivity index (χ1v) is 6.35. The molecule has 0 spiro atoms. The van der Waals surface area contributed by atoms with Crippen molar-refractivity contribution in [1.82, 2.24) is 0 Å². The lowest BCUT2D eigenvalue weighted by Gasteiger charge is -2.06. The fourth-order valence-electron chi connectivity index (χ4n) is 1.88. The van der Waals surface area contributed by atoms with Gasteiger partial charge in [-0.25, -0.2) is 26.9 Å². The fraction of sp³-hybridized carbons (Fsp3) is 0.0625. The van der Waals surface area contributed by atoms with Crippen LogP contribution in [-0.4, -0.2) is 11.3 Å². The molecule has 0 aliphatic rings. The minimum absolute atomic E-state index is 0.0632. The Bertz CT molecular complexity index is 773. The van der Waals surface area contributed by atoms with Gasteiger partial charge < -0.3 is 5.11 Å². The molecule has 0 saturated heterocycles. The topological polar surface area (TPSA) is 32.6 Å². The lowest BCUT2D eigenvalue weighted by molar-refractivity contribution is 0.381. The van der Waals surface area contributed by atoms with Gasteiger partial charge in [0.15, 0.2) is 23.3 Å². The van der Waals surface area contributed by atoms with Crippen molar-refractivity contribution in [2.75, 3.05) is 0 Å². The molecular weight excluding hydrogens is 317 g/mol. The number of hydrogen-bond donors (Lipinski definition) is 1. The highest BCUT2D eigenvalue weighted by Crippen LogP contribution is 2.30. The van der Waals surface area contributed by atoms with E-state index >= 15 is 0 Å². The van der Waals surface area contributed by atoms with E-state index in [0.717, 1.165) is 6.21 Å². The third-order valence-corrected chi connectivity index (χ3v) is 3.03. The smallest absolute Gasteiger partial charge is 0.200 e. The van der Waals surface area contributed by atoms with Gasteiger partial charge in [-0.15, -0.1) is 6.58 Å². The second kappa shape index (κ2) is 6.60. The SMILES string of the molecule is C=CCc1cccc(C=Nc2c(F)c(F)c(F)c(F)c2F)c1O. The average Bonchev–Trinajstić information content (AvgIpc) is 2.54. The van der Waals surface area contributed by atoms with Crippen LogP contribution in [0.3, 0.4) is 0 Å². The van der Waals surface area contributed by atoms with Crippen molar-refractivity contribution < 1.29 is 27.1 Å². The van der Waals surface area contributed by atoms with Crippen LogP contribution < -0.4 is 0 Å². The van der Waals surface area contributed by atoms with E-state index < -0.39 is 34.8 Å². The Hall–Kier alpha value is -2.70. The molecule has 0 heterocycles. The first kappa shape index (κ1) is 16.7. The number of benzene rings is 2. The molecule has 0 aromatic heterocycles. The van der Waals surface area contributed by atoms with Gasteiger partial charge in [-0.3, -0.25) is 0 Å². The Kier molecular flexibility index (Phi) is 4.78. The number of phenolic OH excluding ortho intramolecular Hbond substituents is 1. The Morgan fingerprint density at radius 2 is 1.52 bits per heavy atom. The van der Waals surface area contributed by atoms with Gasteiger partial charge in [0.25, 0.3) is 0 Å². The van der Waals surface area contributed by atoms with E-state index in [9.17, 15) is 27.1 Å². The third kappa shape index (κ3) is 3.08. The van der Waals surface area contributed by atoms with Gasteiger partial charge in [-0.1, -0.05) is 18.2 Å². The zero-order valence-electron chi connectivity index (χ0n) is 11.6. The molecule has 0 unspecified atom stereocenters. The van der Waals surface area contributed by atoms with Crippen molar-refractivity contribution in [3.05, 3.63) is 71.1 Å². The van der Waals surface area contributed by atoms with Crippen LogP contribution in [0, 0.1) is 29.1 Å². The van der Waals surface area contributed by atoms with Gasteiger partial charge in [-0.05, 0) is 18.1 Å². The minimum Gasteiger partial charge on any atom is -0.507 e. The Balaban J connectivity index is 2.50. The van der Waals surface area contributed by atoms with Gasteiger partial charge >= 0.3 is 0 Å². The lowest BCUT2D eigenvalue weighted by Crippen LogP contribution is -2.01. The number of aliphatic imine (C=N–C) groups is 1. The van der Waals surface area contributed by atoms with Crippen LogP contribution >= 0.6 is 0 Å². The number of para-hydroxylation sites is 1. The molecule has 120 valence electrons. The Morgan fingerprint density at radius 3 is 2.09 bits per heavy atom. The van der Waals surface area contributed by atoms with Crippen molar-refractivity contribution in [3.8, 4) is 5.75 Å². The first-order chi connectivity index (χ1) is 10.9. The van der Waals surface area contributed by atoms with Gasteiger partial charge in [0, 0.05) is 11.8 Å². The predicted molar refractivity (Wildman–Crippen MR) is 75.5 cm³/mol. The monoisotopic (exact) mass is 327 g/mol. The van der Waals surface area contributed by atoms with Crippen LogP contribution in [0.5, 0.6) is 5.75 Å². The molecule has 0 aliphatic carbocycles. The maximum Gasteiger partial charge on any atom is 0.200 e. The summed E-state index contributed by atoms with van der Waals surface area (Å²) in [5.74, 6) is -10.7. The lowest BCUT2D eigenvalue weighted by atomic mass is 10.1. The molecule has 2 rings (SSSR count). The molecule has 2 aromatic carbocycles. The molecule has 0 amide bonds. The summed E-state index contributed by atoms with van der Waals surface area (Å²) in [4.78, 5) is 3.29. The highest BCUT2D eigenvalue weighted by Gasteiger charge is 2.25. The largest absolute Gasteiger partial charge is 0.507 e. The van der Waals surface area contributed by atoms with E-state index in [1.165, 1.54) is 12.1 Å². The van der Waals surface area contributed by atoms with Crippen LogP contribution in [0.15, 0.2) is 35.8 Å². The number of rotatable bonds is 4. The number of allylic oxidation sites excluding steroid dienone is 1. The number of hydrogen-bond acceptors (Lipinski definition) is 2. The second-order valence-corrected chi connectivity index (χ2v) is 4.52. The highest BCUT2D eigenvalue weighted by molar-refractivity contribution is 5.86. The van der Waals surface area contributed by atoms with Gasteiger partial charge in [0.2, 0.25) is 5.82 Å². The molecule has 2 nitrogen and oxygen atoms in total. The third-order valence-electron chi connectivity index (χ3n) is 3.03. The summed E-state index contributed by atoms with van der Waals surface area (Å²) in [5, 5.41) is 9.96. The summed E-state index contributed by atoms with van der Waals surface area (Å²) in [6.07, 6.45) is 2.68. The first-order valence-electron chi connectivity index (χ1n) is 6.35. The normalized spacial score (nSPS) is 11.2. The highest BCUT2D eigenvalue weighted by atomic mass is 19.2. The van der Waals surface area contributed by atoms with E-state index in [-0.39, 0.29) is 11.3 Å². The molecule has 0 fully saturated rings. The zero-order valence-corrected chi connectivity index (χ0v) is 11.6. The van der Waals surface area contributed by atoms with Crippen molar-refractivity contribution in [2.24, 2.45) is 4.99 Å². The standard InChI is InChI=1S/C16H10F5NO/c1-2-4-8-5-3-6-9(16(8)23)7-22-15-13(20)11(18)10(17)12(19)14(15)21/h2-3,5-7,23H,1,4H2. The zero-order chi connectivity index (χ0) is 17.1. The van der Waals surface area contributed by atoms with Crippen LogP contribution in [0.25, 0.3) is 0 Å². The summed E-state index contributed by atoms with van der Waals surface area (Å²) in [6.45, 7) is 3.51. The van der Waals surface area contributed by atoms with E-state index in [1.54, 1.807) is 12.1 Å². The molecule has 0 radical (unpaired) electrons. The van der Waals surface area contributed by atoms with Crippen LogP contribution in [0.4, 0.5) is 27.6 Å².